The highest BCUT2D eigenvalue weighted by molar-refractivity contribution is 6.52. The summed E-state index contributed by atoms with van der Waals surface area (Å²) in [6.07, 6.45) is 3.25. The van der Waals surface area contributed by atoms with Gasteiger partial charge in [-0.25, -0.2) is 4.98 Å². The zero-order chi connectivity index (χ0) is 20.4. The maximum absolute atomic E-state index is 12.7. The molecular formula is C17H13Cl4N5O2. The average Bonchev–Trinajstić information content (AvgIpc) is 3.17. The van der Waals surface area contributed by atoms with Crippen LogP contribution in [0.1, 0.15) is 36.3 Å². The topological polar surface area (TPSA) is 93.8 Å². The lowest BCUT2D eigenvalue weighted by Gasteiger charge is -2.19. The van der Waals surface area contributed by atoms with Gasteiger partial charge in [-0.3, -0.25) is 9.78 Å². The summed E-state index contributed by atoms with van der Waals surface area (Å²) in [5.74, 6) is -0.102. The van der Waals surface area contributed by atoms with Crippen LogP contribution in [0.3, 0.4) is 0 Å². The van der Waals surface area contributed by atoms with Gasteiger partial charge < -0.3 is 9.84 Å². The maximum atomic E-state index is 12.7. The van der Waals surface area contributed by atoms with Crippen LogP contribution < -0.4 is 5.32 Å². The smallest absolute Gasteiger partial charge is 0.272 e. The fourth-order valence-corrected chi connectivity index (χ4v) is 3.15. The van der Waals surface area contributed by atoms with E-state index in [1.54, 1.807) is 24.5 Å². The Morgan fingerprint density at radius 1 is 1.11 bits per heavy atom. The second-order valence-corrected chi connectivity index (χ2v) is 7.58. The van der Waals surface area contributed by atoms with Crippen molar-refractivity contribution in [1.29, 1.82) is 0 Å². The Balaban J connectivity index is 1.89. The van der Waals surface area contributed by atoms with E-state index in [0.29, 0.717) is 11.4 Å². The number of nitrogens with one attached hydrogen (secondary N) is 1. The van der Waals surface area contributed by atoms with Crippen molar-refractivity contribution < 1.29 is 9.32 Å². The van der Waals surface area contributed by atoms with Crippen LogP contribution in [-0.4, -0.2) is 26.0 Å². The van der Waals surface area contributed by atoms with Gasteiger partial charge >= 0.3 is 0 Å². The van der Waals surface area contributed by atoms with Crippen molar-refractivity contribution in [3.05, 3.63) is 56.3 Å². The predicted molar refractivity (Wildman–Crippen MR) is 107 cm³/mol. The minimum atomic E-state index is -0.606. The molecule has 0 aliphatic carbocycles. The Morgan fingerprint density at radius 3 is 2.50 bits per heavy atom. The largest absolute Gasteiger partial charge is 0.339 e. The minimum Gasteiger partial charge on any atom is -0.339 e. The van der Waals surface area contributed by atoms with Crippen LogP contribution in [0.15, 0.2) is 29.0 Å². The number of rotatable bonds is 5. The maximum Gasteiger partial charge on any atom is 0.272 e. The Hall–Kier alpha value is -1.93. The normalized spacial score (nSPS) is 12.2. The molecule has 0 aliphatic heterocycles. The molecule has 1 N–H and O–H groups in total. The monoisotopic (exact) mass is 459 g/mol. The van der Waals surface area contributed by atoms with Gasteiger partial charge in [-0.05, 0) is 18.1 Å². The lowest BCUT2D eigenvalue weighted by Crippen LogP contribution is -2.32. The number of aromatic nitrogens is 4. The molecular weight excluding hydrogens is 448 g/mol. The van der Waals surface area contributed by atoms with Crippen LogP contribution in [0.4, 0.5) is 0 Å². The summed E-state index contributed by atoms with van der Waals surface area (Å²) in [5, 5.41) is 6.42. The van der Waals surface area contributed by atoms with Crippen molar-refractivity contribution in [3.8, 4) is 11.4 Å². The van der Waals surface area contributed by atoms with Crippen molar-refractivity contribution in [2.45, 2.75) is 19.9 Å². The van der Waals surface area contributed by atoms with Crippen LogP contribution in [0, 0.1) is 5.92 Å². The van der Waals surface area contributed by atoms with Gasteiger partial charge in [0.1, 0.15) is 16.9 Å². The number of hydrogen-bond donors (Lipinski definition) is 1. The van der Waals surface area contributed by atoms with Gasteiger partial charge in [0.25, 0.3) is 5.91 Å². The number of pyridine rings is 2. The summed E-state index contributed by atoms with van der Waals surface area (Å²) in [7, 11) is 0. The molecule has 0 saturated heterocycles. The SMILES string of the molecule is CC(C)C(NC(=O)c1nc(Cl)c(Cl)c(Cl)c1Cl)c1nc(-c2cccnc2)no1. The molecule has 146 valence electrons. The van der Waals surface area contributed by atoms with Crippen LogP contribution in [0.25, 0.3) is 11.4 Å². The van der Waals surface area contributed by atoms with E-state index in [4.69, 9.17) is 50.9 Å². The number of nitrogens with zero attached hydrogens (tertiary/aromatic N) is 4. The first-order valence-corrected chi connectivity index (χ1v) is 9.55. The summed E-state index contributed by atoms with van der Waals surface area (Å²) < 4.78 is 5.35. The highest BCUT2D eigenvalue weighted by Crippen LogP contribution is 2.36. The molecule has 3 aromatic rings. The van der Waals surface area contributed by atoms with Crippen LogP contribution in [0.5, 0.6) is 0 Å². The molecule has 3 heterocycles. The predicted octanol–water partition coefficient (Wildman–Crippen LogP) is 5.27. The summed E-state index contributed by atoms with van der Waals surface area (Å²) in [6.45, 7) is 3.77. The first-order valence-electron chi connectivity index (χ1n) is 8.04. The highest BCUT2D eigenvalue weighted by Gasteiger charge is 2.28. The third kappa shape index (κ3) is 4.22. The Morgan fingerprint density at radius 2 is 1.86 bits per heavy atom. The number of amides is 1. The third-order valence-electron chi connectivity index (χ3n) is 3.78. The first kappa shape index (κ1) is 20.8. The van der Waals surface area contributed by atoms with Gasteiger partial charge in [0, 0.05) is 18.0 Å². The van der Waals surface area contributed by atoms with Gasteiger partial charge in [-0.1, -0.05) is 65.4 Å². The molecule has 1 atom stereocenters. The summed E-state index contributed by atoms with van der Waals surface area (Å²) in [4.78, 5) is 25.0. The number of carbonyl (C=O) groups excluding carboxylic acids is 1. The second kappa shape index (κ2) is 8.61. The van der Waals surface area contributed by atoms with E-state index >= 15 is 0 Å². The molecule has 3 aromatic heterocycles. The Bertz CT molecular complexity index is 1010. The minimum absolute atomic E-state index is 0.0247. The highest BCUT2D eigenvalue weighted by atomic mass is 35.5. The fourth-order valence-electron chi connectivity index (χ4n) is 2.33. The van der Waals surface area contributed by atoms with E-state index in [9.17, 15) is 4.79 Å². The lowest BCUT2D eigenvalue weighted by atomic mass is 10.0. The quantitative estimate of drug-likeness (QED) is 0.521. The molecule has 0 fully saturated rings. The molecule has 3 rings (SSSR count). The molecule has 7 nitrogen and oxygen atoms in total. The van der Waals surface area contributed by atoms with E-state index in [2.05, 4.69) is 25.4 Å². The Labute approximate surface area is 180 Å². The molecule has 1 unspecified atom stereocenters. The van der Waals surface area contributed by atoms with Crippen molar-refractivity contribution in [2.75, 3.05) is 0 Å². The molecule has 11 heteroatoms. The van der Waals surface area contributed by atoms with Crippen molar-refractivity contribution in [1.82, 2.24) is 25.4 Å². The summed E-state index contributed by atoms with van der Waals surface area (Å²) in [6, 6.07) is 2.96. The number of hydrogen-bond acceptors (Lipinski definition) is 6. The molecule has 1 amide bonds. The van der Waals surface area contributed by atoms with Gasteiger partial charge in [0.15, 0.2) is 0 Å². The van der Waals surface area contributed by atoms with Gasteiger partial charge in [-0.15, -0.1) is 0 Å². The Kier molecular flexibility index (Phi) is 6.40. The molecule has 0 radical (unpaired) electrons. The lowest BCUT2D eigenvalue weighted by molar-refractivity contribution is 0.0909. The standard InChI is InChI=1S/C17H13Cl4N5O2/c1-7(2)12(17-25-15(26-28-17)8-4-3-5-22-6-8)24-16(27)13-10(19)9(18)11(20)14(21)23-13/h3-7,12H,1-2H3,(H,24,27). The summed E-state index contributed by atoms with van der Waals surface area (Å²) >= 11 is 23.9. The molecule has 0 spiro atoms. The van der Waals surface area contributed by atoms with Crippen molar-refractivity contribution in [2.24, 2.45) is 5.92 Å². The van der Waals surface area contributed by atoms with Crippen LogP contribution >= 0.6 is 46.4 Å². The molecule has 0 bridgehead atoms. The van der Waals surface area contributed by atoms with E-state index in [1.807, 2.05) is 13.8 Å². The van der Waals surface area contributed by atoms with E-state index in [-0.39, 0.29) is 37.7 Å². The van der Waals surface area contributed by atoms with E-state index < -0.39 is 11.9 Å². The van der Waals surface area contributed by atoms with E-state index in [0.717, 1.165) is 0 Å². The fraction of sp³-hybridized carbons (Fsp3) is 0.235. The third-order valence-corrected chi connectivity index (χ3v) is 5.46. The zero-order valence-electron chi connectivity index (χ0n) is 14.6. The van der Waals surface area contributed by atoms with Gasteiger partial charge in [0.2, 0.25) is 11.7 Å². The average molecular weight is 461 g/mol. The van der Waals surface area contributed by atoms with E-state index in [1.165, 1.54) is 0 Å². The van der Waals surface area contributed by atoms with Crippen LogP contribution in [-0.2, 0) is 0 Å². The van der Waals surface area contributed by atoms with Crippen LogP contribution in [0.2, 0.25) is 20.2 Å². The number of carbonyl (C=O) groups is 1. The zero-order valence-corrected chi connectivity index (χ0v) is 17.6. The molecule has 0 aliphatic rings. The van der Waals surface area contributed by atoms with Gasteiger partial charge in [-0.2, -0.15) is 4.98 Å². The summed E-state index contributed by atoms with van der Waals surface area (Å²) in [5.41, 5.74) is 0.533. The molecule has 0 aromatic carbocycles. The molecule has 28 heavy (non-hydrogen) atoms. The number of halogens is 4. The van der Waals surface area contributed by atoms with Crippen molar-refractivity contribution in [3.63, 3.8) is 0 Å². The molecule has 0 saturated carbocycles. The first-order chi connectivity index (χ1) is 13.3. The van der Waals surface area contributed by atoms with Gasteiger partial charge in [0.05, 0.1) is 15.1 Å². The second-order valence-electron chi connectivity index (χ2n) is 6.09. The van der Waals surface area contributed by atoms with Crippen molar-refractivity contribution >= 4 is 52.3 Å².